The van der Waals surface area contributed by atoms with E-state index in [4.69, 9.17) is 5.73 Å². The van der Waals surface area contributed by atoms with Gasteiger partial charge in [0.15, 0.2) is 0 Å². The molecule has 2 N–H and O–H groups in total. The number of hydrogen-bond donors (Lipinski definition) is 1. The average Bonchev–Trinajstić information content (AvgIpc) is 2.69. The van der Waals surface area contributed by atoms with E-state index < -0.39 is 0 Å². The van der Waals surface area contributed by atoms with Gasteiger partial charge in [-0.2, -0.15) is 5.10 Å². The molecule has 0 radical (unpaired) electrons. The molecule has 0 aliphatic rings. The highest BCUT2D eigenvalue weighted by molar-refractivity contribution is 9.10. The van der Waals surface area contributed by atoms with Gasteiger partial charge >= 0.3 is 0 Å². The summed E-state index contributed by atoms with van der Waals surface area (Å²) in [5.41, 5.74) is 8.58. The zero-order valence-corrected chi connectivity index (χ0v) is 13.2. The van der Waals surface area contributed by atoms with Crippen LogP contribution >= 0.6 is 15.9 Å². The van der Waals surface area contributed by atoms with Crippen molar-refractivity contribution in [3.63, 3.8) is 0 Å². The maximum atomic E-state index is 5.99. The standard InChI is InChI=1S/C15H20BrN3/c1-10(2)8-12-4-6-13(7-5-12)11(3)19-15(17)14(16)9-18-19/h4-7,9-11H,8,17H2,1-3H3. The van der Waals surface area contributed by atoms with Crippen LogP contribution < -0.4 is 5.73 Å². The van der Waals surface area contributed by atoms with Gasteiger partial charge in [0, 0.05) is 0 Å². The third-order valence-corrected chi connectivity index (χ3v) is 3.87. The summed E-state index contributed by atoms with van der Waals surface area (Å²) in [5.74, 6) is 1.35. The molecule has 4 heteroatoms. The van der Waals surface area contributed by atoms with Crippen molar-refractivity contribution in [2.45, 2.75) is 33.2 Å². The van der Waals surface area contributed by atoms with Crippen molar-refractivity contribution >= 4 is 21.7 Å². The molecule has 1 unspecified atom stereocenters. The first-order chi connectivity index (χ1) is 8.99. The Labute approximate surface area is 122 Å². The van der Waals surface area contributed by atoms with Crippen LogP contribution in [0.1, 0.15) is 37.9 Å². The molecule has 102 valence electrons. The molecule has 1 atom stereocenters. The minimum absolute atomic E-state index is 0.138. The number of rotatable bonds is 4. The molecule has 0 bridgehead atoms. The number of halogens is 1. The summed E-state index contributed by atoms with van der Waals surface area (Å²) in [7, 11) is 0. The molecular formula is C15H20BrN3. The number of nitrogens with zero attached hydrogens (tertiary/aromatic N) is 2. The van der Waals surface area contributed by atoms with Crippen LogP contribution in [0.2, 0.25) is 0 Å². The smallest absolute Gasteiger partial charge is 0.136 e. The van der Waals surface area contributed by atoms with E-state index in [0.717, 1.165) is 10.9 Å². The number of anilines is 1. The van der Waals surface area contributed by atoms with E-state index in [0.29, 0.717) is 11.7 Å². The molecule has 0 fully saturated rings. The van der Waals surface area contributed by atoms with Gasteiger partial charge in [-0.3, -0.25) is 0 Å². The maximum Gasteiger partial charge on any atom is 0.136 e. The summed E-state index contributed by atoms with van der Waals surface area (Å²) in [5, 5.41) is 4.31. The molecule has 0 aliphatic heterocycles. The Bertz CT molecular complexity index is 543. The lowest BCUT2D eigenvalue weighted by molar-refractivity contribution is 0.572. The third kappa shape index (κ3) is 3.18. The van der Waals surface area contributed by atoms with Gasteiger partial charge in [0.2, 0.25) is 0 Å². The van der Waals surface area contributed by atoms with Crippen molar-refractivity contribution in [2.75, 3.05) is 5.73 Å². The van der Waals surface area contributed by atoms with Gasteiger partial charge in [-0.05, 0) is 46.3 Å². The highest BCUT2D eigenvalue weighted by Gasteiger charge is 2.13. The molecule has 3 nitrogen and oxygen atoms in total. The number of nitrogen functional groups attached to an aromatic ring is 1. The Balaban J connectivity index is 2.20. The first-order valence-electron chi connectivity index (χ1n) is 6.56. The molecule has 0 spiro atoms. The fourth-order valence-corrected chi connectivity index (χ4v) is 2.48. The molecule has 1 aromatic carbocycles. The fraction of sp³-hybridized carbons (Fsp3) is 0.400. The number of hydrogen-bond acceptors (Lipinski definition) is 2. The van der Waals surface area contributed by atoms with Crippen molar-refractivity contribution in [3.8, 4) is 0 Å². The van der Waals surface area contributed by atoms with Gasteiger partial charge in [-0.15, -0.1) is 0 Å². The van der Waals surface area contributed by atoms with Crippen molar-refractivity contribution < 1.29 is 0 Å². The molecular weight excluding hydrogens is 302 g/mol. The van der Waals surface area contributed by atoms with Gasteiger partial charge in [0.1, 0.15) is 5.82 Å². The van der Waals surface area contributed by atoms with Crippen molar-refractivity contribution in [3.05, 3.63) is 46.1 Å². The lowest BCUT2D eigenvalue weighted by Crippen LogP contribution is -2.11. The second-order valence-corrected chi connectivity index (χ2v) is 6.19. The normalized spacial score (nSPS) is 12.9. The lowest BCUT2D eigenvalue weighted by atomic mass is 10.00. The predicted octanol–water partition coefficient (Wildman–Crippen LogP) is 4.04. The van der Waals surface area contributed by atoms with Crippen LogP contribution in [0, 0.1) is 5.92 Å². The Morgan fingerprint density at radius 2 is 1.84 bits per heavy atom. The molecule has 1 heterocycles. The average molecular weight is 322 g/mol. The Morgan fingerprint density at radius 3 is 2.32 bits per heavy atom. The second kappa shape index (κ2) is 5.78. The second-order valence-electron chi connectivity index (χ2n) is 5.34. The lowest BCUT2D eigenvalue weighted by Gasteiger charge is -2.15. The summed E-state index contributed by atoms with van der Waals surface area (Å²) in [6, 6.07) is 8.86. The Morgan fingerprint density at radius 1 is 1.21 bits per heavy atom. The van der Waals surface area contributed by atoms with Gasteiger partial charge in [-0.1, -0.05) is 38.1 Å². The molecule has 2 rings (SSSR count). The molecule has 0 saturated heterocycles. The Hall–Kier alpha value is -1.29. The highest BCUT2D eigenvalue weighted by atomic mass is 79.9. The molecule has 1 aromatic heterocycles. The minimum Gasteiger partial charge on any atom is -0.383 e. The molecule has 19 heavy (non-hydrogen) atoms. The van der Waals surface area contributed by atoms with E-state index in [-0.39, 0.29) is 6.04 Å². The summed E-state index contributed by atoms with van der Waals surface area (Å²) in [6.45, 7) is 6.57. The minimum atomic E-state index is 0.138. The van der Waals surface area contributed by atoms with Gasteiger partial charge < -0.3 is 5.73 Å². The van der Waals surface area contributed by atoms with E-state index in [1.165, 1.54) is 11.1 Å². The van der Waals surface area contributed by atoms with E-state index in [9.17, 15) is 0 Å². The van der Waals surface area contributed by atoms with Crippen molar-refractivity contribution in [1.82, 2.24) is 9.78 Å². The van der Waals surface area contributed by atoms with Crippen molar-refractivity contribution in [2.24, 2.45) is 5.92 Å². The van der Waals surface area contributed by atoms with E-state index in [1.54, 1.807) is 6.20 Å². The van der Waals surface area contributed by atoms with Crippen LogP contribution in [-0.2, 0) is 6.42 Å². The topological polar surface area (TPSA) is 43.8 Å². The number of nitrogens with two attached hydrogens (primary N) is 1. The fourth-order valence-electron chi connectivity index (χ4n) is 2.20. The number of aromatic nitrogens is 2. The van der Waals surface area contributed by atoms with Gasteiger partial charge in [-0.25, -0.2) is 4.68 Å². The highest BCUT2D eigenvalue weighted by Crippen LogP contribution is 2.26. The molecule has 0 saturated carbocycles. The van der Waals surface area contributed by atoms with Crippen molar-refractivity contribution in [1.29, 1.82) is 0 Å². The maximum absolute atomic E-state index is 5.99. The quantitative estimate of drug-likeness (QED) is 0.923. The third-order valence-electron chi connectivity index (χ3n) is 3.26. The van der Waals surface area contributed by atoms with Crippen LogP contribution in [-0.4, -0.2) is 9.78 Å². The van der Waals surface area contributed by atoms with E-state index >= 15 is 0 Å². The SMILES string of the molecule is CC(C)Cc1ccc(C(C)n2ncc(Br)c2N)cc1. The van der Waals surface area contributed by atoms with Crippen LogP contribution in [0.5, 0.6) is 0 Å². The molecule has 0 amide bonds. The first kappa shape index (κ1) is 14.1. The van der Waals surface area contributed by atoms with Crippen LogP contribution in [0.4, 0.5) is 5.82 Å². The first-order valence-corrected chi connectivity index (χ1v) is 7.35. The summed E-state index contributed by atoms with van der Waals surface area (Å²) < 4.78 is 2.68. The zero-order chi connectivity index (χ0) is 14.0. The monoisotopic (exact) mass is 321 g/mol. The number of benzene rings is 1. The van der Waals surface area contributed by atoms with Gasteiger partial charge in [0.05, 0.1) is 16.7 Å². The summed E-state index contributed by atoms with van der Waals surface area (Å²) in [4.78, 5) is 0. The molecule has 2 aromatic rings. The summed E-state index contributed by atoms with van der Waals surface area (Å²) in [6.07, 6.45) is 2.85. The van der Waals surface area contributed by atoms with Gasteiger partial charge in [0.25, 0.3) is 0 Å². The van der Waals surface area contributed by atoms with E-state index in [2.05, 4.69) is 66.1 Å². The van der Waals surface area contributed by atoms with Crippen LogP contribution in [0.25, 0.3) is 0 Å². The predicted molar refractivity (Wildman–Crippen MR) is 83.1 cm³/mol. The van der Waals surface area contributed by atoms with Crippen LogP contribution in [0.15, 0.2) is 34.9 Å². The zero-order valence-electron chi connectivity index (χ0n) is 11.6. The van der Waals surface area contributed by atoms with Crippen LogP contribution in [0.3, 0.4) is 0 Å². The largest absolute Gasteiger partial charge is 0.383 e. The summed E-state index contributed by atoms with van der Waals surface area (Å²) >= 11 is 3.39. The Kier molecular flexibility index (Phi) is 4.30. The molecule has 0 aliphatic carbocycles. The van der Waals surface area contributed by atoms with E-state index in [1.807, 2.05) is 4.68 Å².